The zero-order chi connectivity index (χ0) is 13.8. The highest BCUT2D eigenvalue weighted by atomic mass is 16.4. The lowest BCUT2D eigenvalue weighted by molar-refractivity contribution is -0.152. The monoisotopic (exact) mass is 266 g/mol. The van der Waals surface area contributed by atoms with E-state index in [4.69, 9.17) is 9.52 Å². The molecule has 2 heterocycles. The van der Waals surface area contributed by atoms with Gasteiger partial charge < -0.3 is 19.7 Å². The van der Waals surface area contributed by atoms with E-state index in [-0.39, 0.29) is 43.6 Å². The number of hydrogen-bond donors (Lipinski definition) is 2. The maximum Gasteiger partial charge on any atom is 0.310 e. The third-order valence-corrected chi connectivity index (χ3v) is 2.95. The molecule has 1 aromatic heterocycles. The van der Waals surface area contributed by atoms with Crippen LogP contribution in [0.2, 0.25) is 0 Å². The molecule has 0 unspecified atom stereocenters. The average molecular weight is 266 g/mol. The summed E-state index contributed by atoms with van der Waals surface area (Å²) in [6, 6.07) is 3.14. The van der Waals surface area contributed by atoms with Crippen LogP contribution in [-0.4, -0.2) is 47.4 Å². The van der Waals surface area contributed by atoms with Gasteiger partial charge in [-0.3, -0.25) is 14.4 Å². The third-order valence-electron chi connectivity index (χ3n) is 2.95. The zero-order valence-corrected chi connectivity index (χ0v) is 10.2. The summed E-state index contributed by atoms with van der Waals surface area (Å²) >= 11 is 0. The van der Waals surface area contributed by atoms with Crippen molar-refractivity contribution in [2.24, 2.45) is 5.92 Å². The lowest BCUT2D eigenvalue weighted by Gasteiger charge is -2.36. The van der Waals surface area contributed by atoms with E-state index in [0.29, 0.717) is 0 Å². The van der Waals surface area contributed by atoms with Gasteiger partial charge in [-0.2, -0.15) is 0 Å². The Kier molecular flexibility index (Phi) is 3.84. The molecule has 1 fully saturated rings. The molecule has 2 amide bonds. The van der Waals surface area contributed by atoms with E-state index in [0.717, 1.165) is 0 Å². The summed E-state index contributed by atoms with van der Waals surface area (Å²) in [6.07, 6.45) is 1.55. The predicted octanol–water partition coefficient (Wildman–Crippen LogP) is -0.0575. The summed E-state index contributed by atoms with van der Waals surface area (Å²) in [7, 11) is 0. The van der Waals surface area contributed by atoms with Gasteiger partial charge in [-0.05, 0) is 12.1 Å². The molecule has 2 N–H and O–H groups in total. The van der Waals surface area contributed by atoms with Gasteiger partial charge >= 0.3 is 5.97 Å². The Labute approximate surface area is 109 Å². The van der Waals surface area contributed by atoms with Crippen LogP contribution < -0.4 is 5.32 Å². The number of rotatable bonds is 5. The summed E-state index contributed by atoms with van der Waals surface area (Å²) in [6.45, 7) is 0.702. The molecular formula is C12H14N2O5. The number of hydrogen-bond acceptors (Lipinski definition) is 4. The molecule has 1 aliphatic rings. The van der Waals surface area contributed by atoms with Crippen molar-refractivity contribution < 1.29 is 23.9 Å². The number of furan rings is 1. The number of aliphatic carboxylic acids is 1. The number of carboxylic acids is 1. The molecule has 0 aromatic carbocycles. The lowest BCUT2D eigenvalue weighted by Crippen LogP contribution is -2.53. The minimum atomic E-state index is -0.879. The van der Waals surface area contributed by atoms with Crippen molar-refractivity contribution in [3.8, 4) is 0 Å². The zero-order valence-electron chi connectivity index (χ0n) is 10.2. The molecule has 0 bridgehead atoms. The molecule has 1 aromatic rings. The van der Waals surface area contributed by atoms with Crippen molar-refractivity contribution >= 4 is 17.8 Å². The van der Waals surface area contributed by atoms with Gasteiger partial charge in [-0.15, -0.1) is 0 Å². The molecule has 0 aliphatic carbocycles. The number of carbonyl (C=O) groups excluding carboxylic acids is 2. The van der Waals surface area contributed by atoms with Crippen LogP contribution in [0.1, 0.15) is 17.0 Å². The van der Waals surface area contributed by atoms with Gasteiger partial charge in [0, 0.05) is 26.1 Å². The van der Waals surface area contributed by atoms with Crippen LogP contribution in [0.3, 0.4) is 0 Å². The number of amides is 2. The number of carbonyl (C=O) groups is 3. The molecule has 0 spiro atoms. The Morgan fingerprint density at radius 2 is 2.16 bits per heavy atom. The summed E-state index contributed by atoms with van der Waals surface area (Å²) in [4.78, 5) is 35.1. The first-order valence-electron chi connectivity index (χ1n) is 5.90. The largest absolute Gasteiger partial charge is 0.481 e. The standard InChI is InChI=1S/C12H14N2O5/c15-10(14-6-8(7-14)12(17)18)3-4-13-11(16)9-2-1-5-19-9/h1-2,5,8H,3-4,6-7H2,(H,13,16)(H,17,18). The van der Waals surface area contributed by atoms with E-state index in [1.54, 1.807) is 6.07 Å². The average Bonchev–Trinajstić information content (AvgIpc) is 2.79. The lowest BCUT2D eigenvalue weighted by atomic mass is 10.0. The summed E-state index contributed by atoms with van der Waals surface area (Å²) in [5, 5.41) is 11.2. The normalized spacial score (nSPS) is 14.8. The van der Waals surface area contributed by atoms with Crippen molar-refractivity contribution in [2.45, 2.75) is 6.42 Å². The molecule has 1 saturated heterocycles. The van der Waals surface area contributed by atoms with E-state index in [1.165, 1.54) is 17.2 Å². The minimum absolute atomic E-state index is 0.152. The van der Waals surface area contributed by atoms with Gasteiger partial charge in [0.05, 0.1) is 12.2 Å². The van der Waals surface area contributed by atoms with Crippen molar-refractivity contribution in [3.05, 3.63) is 24.2 Å². The number of nitrogens with zero attached hydrogens (tertiary/aromatic N) is 1. The highest BCUT2D eigenvalue weighted by Gasteiger charge is 2.35. The Balaban J connectivity index is 1.65. The van der Waals surface area contributed by atoms with E-state index in [9.17, 15) is 14.4 Å². The summed E-state index contributed by atoms with van der Waals surface area (Å²) in [5.41, 5.74) is 0. The first-order chi connectivity index (χ1) is 9.08. The van der Waals surface area contributed by atoms with Crippen LogP contribution in [-0.2, 0) is 9.59 Å². The molecule has 7 nitrogen and oxygen atoms in total. The SMILES string of the molecule is O=C(NCCC(=O)N1CC(C(=O)O)C1)c1ccco1. The predicted molar refractivity (Wildman–Crippen MR) is 63.4 cm³/mol. The van der Waals surface area contributed by atoms with E-state index in [2.05, 4.69) is 5.32 Å². The smallest absolute Gasteiger partial charge is 0.310 e. The maximum atomic E-state index is 11.6. The number of carboxylic acid groups (broad SMARTS) is 1. The fourth-order valence-electron chi connectivity index (χ4n) is 1.77. The topological polar surface area (TPSA) is 99.9 Å². The quantitative estimate of drug-likeness (QED) is 0.777. The maximum absolute atomic E-state index is 11.6. The minimum Gasteiger partial charge on any atom is -0.481 e. The van der Waals surface area contributed by atoms with E-state index >= 15 is 0 Å². The molecule has 0 atom stereocenters. The first-order valence-corrected chi connectivity index (χ1v) is 5.90. The van der Waals surface area contributed by atoms with Crippen molar-refractivity contribution in [1.29, 1.82) is 0 Å². The van der Waals surface area contributed by atoms with E-state index in [1.807, 2.05) is 0 Å². The van der Waals surface area contributed by atoms with Crippen LogP contribution in [0.5, 0.6) is 0 Å². The molecule has 2 rings (SSSR count). The van der Waals surface area contributed by atoms with Gasteiger partial charge in [0.2, 0.25) is 5.91 Å². The van der Waals surface area contributed by atoms with Crippen molar-refractivity contribution in [3.63, 3.8) is 0 Å². The Bertz CT molecular complexity index is 476. The molecule has 1 aliphatic heterocycles. The van der Waals surface area contributed by atoms with Crippen LogP contribution >= 0.6 is 0 Å². The van der Waals surface area contributed by atoms with E-state index < -0.39 is 11.9 Å². The highest BCUT2D eigenvalue weighted by molar-refractivity contribution is 5.91. The molecule has 102 valence electrons. The van der Waals surface area contributed by atoms with Crippen LogP contribution in [0.4, 0.5) is 0 Å². The van der Waals surface area contributed by atoms with Crippen molar-refractivity contribution in [2.75, 3.05) is 19.6 Å². The number of nitrogens with one attached hydrogen (secondary N) is 1. The molecule has 7 heteroatoms. The van der Waals surface area contributed by atoms with Gasteiger partial charge in [-0.1, -0.05) is 0 Å². The molecular weight excluding hydrogens is 252 g/mol. The fourth-order valence-corrected chi connectivity index (χ4v) is 1.77. The molecule has 0 radical (unpaired) electrons. The van der Waals surface area contributed by atoms with Crippen LogP contribution in [0.15, 0.2) is 22.8 Å². The first kappa shape index (κ1) is 13.1. The van der Waals surface area contributed by atoms with Crippen LogP contribution in [0, 0.1) is 5.92 Å². The van der Waals surface area contributed by atoms with Gasteiger partial charge in [0.1, 0.15) is 0 Å². The van der Waals surface area contributed by atoms with Gasteiger partial charge in [0.15, 0.2) is 5.76 Å². The second-order valence-corrected chi connectivity index (χ2v) is 4.32. The second-order valence-electron chi connectivity index (χ2n) is 4.32. The van der Waals surface area contributed by atoms with Gasteiger partial charge in [-0.25, -0.2) is 0 Å². The number of likely N-dealkylation sites (tertiary alicyclic amines) is 1. The van der Waals surface area contributed by atoms with Gasteiger partial charge in [0.25, 0.3) is 5.91 Å². The molecule has 19 heavy (non-hydrogen) atoms. The Morgan fingerprint density at radius 3 is 2.74 bits per heavy atom. The fraction of sp³-hybridized carbons (Fsp3) is 0.417. The van der Waals surface area contributed by atoms with Crippen molar-refractivity contribution in [1.82, 2.24) is 10.2 Å². The Hall–Kier alpha value is -2.31. The van der Waals surface area contributed by atoms with Crippen LogP contribution in [0.25, 0.3) is 0 Å². The summed E-state index contributed by atoms with van der Waals surface area (Å²) in [5.74, 6) is -1.67. The second kappa shape index (κ2) is 5.55. The highest BCUT2D eigenvalue weighted by Crippen LogP contribution is 2.16. The Morgan fingerprint density at radius 1 is 1.42 bits per heavy atom. The third kappa shape index (κ3) is 3.12. The summed E-state index contributed by atoms with van der Waals surface area (Å²) < 4.78 is 4.90. The molecule has 0 saturated carbocycles.